The first-order valence-corrected chi connectivity index (χ1v) is 10.1. The number of carbonyl (C=O) groups is 1. The van der Waals surface area contributed by atoms with Crippen LogP contribution in [0.5, 0.6) is 5.75 Å². The van der Waals surface area contributed by atoms with E-state index in [0.29, 0.717) is 40.2 Å². The summed E-state index contributed by atoms with van der Waals surface area (Å²) in [6.07, 6.45) is 5.57. The molecule has 3 rings (SSSR count). The quantitative estimate of drug-likeness (QED) is 0.563. The van der Waals surface area contributed by atoms with Gasteiger partial charge in [-0.3, -0.25) is 14.5 Å². The number of aromatic nitrogens is 3. The smallest absolute Gasteiger partial charge is 0.257 e. The number of halogens is 1. The Morgan fingerprint density at radius 3 is 2.73 bits per heavy atom. The molecule has 3 aromatic rings. The van der Waals surface area contributed by atoms with Crippen molar-refractivity contribution in [1.82, 2.24) is 14.8 Å². The minimum absolute atomic E-state index is 0.0789. The molecule has 0 bridgehead atoms. The summed E-state index contributed by atoms with van der Waals surface area (Å²) < 4.78 is 7.70. The minimum Gasteiger partial charge on any atom is -0.491 e. The lowest BCUT2D eigenvalue weighted by atomic mass is 10.1. The Kier molecular flexibility index (Phi) is 7.07. The van der Waals surface area contributed by atoms with E-state index in [1.54, 1.807) is 48.4 Å². The molecule has 1 atom stereocenters. The third-order valence-corrected chi connectivity index (χ3v) is 4.81. The number of carbonyl (C=O) groups excluding carboxylic acids is 1. The van der Waals surface area contributed by atoms with Crippen molar-refractivity contribution in [2.45, 2.75) is 26.3 Å². The van der Waals surface area contributed by atoms with Gasteiger partial charge in [0.25, 0.3) is 5.91 Å². The van der Waals surface area contributed by atoms with E-state index >= 15 is 0 Å². The number of rotatable bonds is 8. The molecule has 158 valence electrons. The fraction of sp³-hybridized carbons (Fsp3) is 0.318. The number of pyridine rings is 1. The Hall–Kier alpha value is -2.90. The van der Waals surface area contributed by atoms with Gasteiger partial charge in [-0.25, -0.2) is 0 Å². The Morgan fingerprint density at radius 2 is 2.10 bits per heavy atom. The van der Waals surface area contributed by atoms with E-state index in [-0.39, 0.29) is 11.9 Å². The van der Waals surface area contributed by atoms with Gasteiger partial charge in [0.1, 0.15) is 12.4 Å². The van der Waals surface area contributed by atoms with Crippen LogP contribution in [0.25, 0.3) is 11.3 Å². The second-order valence-electron chi connectivity index (χ2n) is 7.57. The van der Waals surface area contributed by atoms with Crippen molar-refractivity contribution >= 4 is 23.2 Å². The standard InChI is InChI=1S/C22H26ClN5O2/c1-14(2)9-16(24)13-30-20-7-6-17(27-22(29)15-5-4-8-25-11-15)10-18(20)21-19(23)12-26-28(21)3/h4-8,10-12,14,16H,9,13,24H2,1-3H3,(H,27,29). The van der Waals surface area contributed by atoms with Crippen molar-refractivity contribution in [2.24, 2.45) is 18.7 Å². The zero-order valence-corrected chi connectivity index (χ0v) is 18.1. The number of nitrogens with one attached hydrogen (secondary N) is 1. The third-order valence-electron chi connectivity index (χ3n) is 4.54. The Labute approximate surface area is 181 Å². The van der Waals surface area contributed by atoms with E-state index in [2.05, 4.69) is 29.2 Å². The number of anilines is 1. The third kappa shape index (κ3) is 5.37. The second-order valence-corrected chi connectivity index (χ2v) is 7.98. The van der Waals surface area contributed by atoms with Crippen LogP contribution < -0.4 is 15.8 Å². The first-order chi connectivity index (χ1) is 14.3. The molecule has 0 aliphatic carbocycles. The number of hydrogen-bond donors (Lipinski definition) is 2. The Balaban J connectivity index is 1.89. The van der Waals surface area contributed by atoms with Crippen LogP contribution in [-0.4, -0.2) is 33.3 Å². The molecule has 8 heteroatoms. The van der Waals surface area contributed by atoms with Crippen LogP contribution >= 0.6 is 11.6 Å². The van der Waals surface area contributed by atoms with Crippen molar-refractivity contribution in [3.8, 4) is 17.0 Å². The van der Waals surface area contributed by atoms with Gasteiger partial charge in [0.15, 0.2) is 0 Å². The van der Waals surface area contributed by atoms with Gasteiger partial charge in [-0.1, -0.05) is 25.4 Å². The number of nitrogens with two attached hydrogens (primary N) is 1. The van der Waals surface area contributed by atoms with E-state index in [1.165, 1.54) is 6.20 Å². The summed E-state index contributed by atoms with van der Waals surface area (Å²) in [5, 5.41) is 7.59. The molecule has 0 fully saturated rings. The SMILES string of the molecule is CC(C)CC(N)COc1ccc(NC(=O)c2cccnc2)cc1-c1c(Cl)cnn1C. The van der Waals surface area contributed by atoms with Gasteiger partial charge in [0, 0.05) is 36.7 Å². The topological polar surface area (TPSA) is 95.1 Å². The number of benzene rings is 1. The predicted octanol–water partition coefficient (Wildman–Crippen LogP) is 4.14. The maximum absolute atomic E-state index is 12.5. The molecule has 0 radical (unpaired) electrons. The molecule has 1 amide bonds. The number of amides is 1. The number of nitrogens with zero attached hydrogens (tertiary/aromatic N) is 3. The highest BCUT2D eigenvalue weighted by Gasteiger charge is 2.17. The molecule has 0 saturated heterocycles. The van der Waals surface area contributed by atoms with Crippen LogP contribution in [-0.2, 0) is 7.05 Å². The second kappa shape index (κ2) is 9.73. The molecule has 3 N–H and O–H groups in total. The van der Waals surface area contributed by atoms with Gasteiger partial charge in [-0.05, 0) is 42.7 Å². The van der Waals surface area contributed by atoms with Gasteiger partial charge >= 0.3 is 0 Å². The molecule has 7 nitrogen and oxygen atoms in total. The average molecular weight is 428 g/mol. The monoisotopic (exact) mass is 427 g/mol. The van der Waals surface area contributed by atoms with Crippen LogP contribution in [0.15, 0.2) is 48.9 Å². The van der Waals surface area contributed by atoms with Crippen molar-refractivity contribution < 1.29 is 9.53 Å². The molecule has 2 aromatic heterocycles. The summed E-state index contributed by atoms with van der Waals surface area (Å²) in [4.78, 5) is 16.5. The van der Waals surface area contributed by atoms with Crippen molar-refractivity contribution in [3.05, 3.63) is 59.5 Å². The highest BCUT2D eigenvalue weighted by Crippen LogP contribution is 2.36. The molecular weight excluding hydrogens is 402 g/mol. The largest absolute Gasteiger partial charge is 0.491 e. The van der Waals surface area contributed by atoms with Gasteiger partial charge in [0.05, 0.1) is 22.5 Å². The molecule has 1 aromatic carbocycles. The highest BCUT2D eigenvalue weighted by atomic mass is 35.5. The van der Waals surface area contributed by atoms with E-state index in [9.17, 15) is 4.79 Å². The summed E-state index contributed by atoms with van der Waals surface area (Å²) in [7, 11) is 1.80. The summed E-state index contributed by atoms with van der Waals surface area (Å²) in [5.41, 5.74) is 8.67. The maximum atomic E-state index is 12.5. The van der Waals surface area contributed by atoms with Gasteiger partial charge in [-0.15, -0.1) is 0 Å². The maximum Gasteiger partial charge on any atom is 0.257 e. The number of aryl methyl sites for hydroxylation is 1. The molecule has 0 aliphatic heterocycles. The zero-order valence-electron chi connectivity index (χ0n) is 17.3. The van der Waals surface area contributed by atoms with Crippen LogP contribution in [0.3, 0.4) is 0 Å². The predicted molar refractivity (Wildman–Crippen MR) is 119 cm³/mol. The lowest BCUT2D eigenvalue weighted by Crippen LogP contribution is -2.29. The lowest BCUT2D eigenvalue weighted by molar-refractivity contribution is 0.102. The van der Waals surface area contributed by atoms with Crippen molar-refractivity contribution in [3.63, 3.8) is 0 Å². The van der Waals surface area contributed by atoms with Gasteiger partial charge < -0.3 is 15.8 Å². The fourth-order valence-electron chi connectivity index (χ4n) is 3.20. The molecular formula is C22H26ClN5O2. The number of ether oxygens (including phenoxy) is 1. The van der Waals surface area contributed by atoms with Crippen LogP contribution in [0.1, 0.15) is 30.6 Å². The molecule has 2 heterocycles. The summed E-state index contributed by atoms with van der Waals surface area (Å²) in [6.45, 7) is 4.63. The molecule has 0 aliphatic rings. The minimum atomic E-state index is -0.252. The Bertz CT molecular complexity index is 985. The molecule has 0 spiro atoms. The van der Waals surface area contributed by atoms with E-state index in [4.69, 9.17) is 22.1 Å². The highest BCUT2D eigenvalue weighted by molar-refractivity contribution is 6.33. The summed E-state index contributed by atoms with van der Waals surface area (Å²) >= 11 is 6.38. The first kappa shape index (κ1) is 21.8. The zero-order chi connectivity index (χ0) is 21.7. The summed E-state index contributed by atoms with van der Waals surface area (Å²) in [6, 6.07) is 8.75. The normalized spacial score (nSPS) is 12.1. The fourth-order valence-corrected chi connectivity index (χ4v) is 3.47. The van der Waals surface area contributed by atoms with E-state index < -0.39 is 0 Å². The number of hydrogen-bond acceptors (Lipinski definition) is 5. The van der Waals surface area contributed by atoms with Crippen LogP contribution in [0.4, 0.5) is 5.69 Å². The molecule has 1 unspecified atom stereocenters. The van der Waals surface area contributed by atoms with Gasteiger partial charge in [-0.2, -0.15) is 5.10 Å². The Morgan fingerprint density at radius 1 is 1.30 bits per heavy atom. The molecule has 0 saturated carbocycles. The molecule has 30 heavy (non-hydrogen) atoms. The van der Waals surface area contributed by atoms with E-state index in [1.807, 2.05) is 6.07 Å². The lowest BCUT2D eigenvalue weighted by Gasteiger charge is -2.18. The first-order valence-electron chi connectivity index (χ1n) is 9.76. The summed E-state index contributed by atoms with van der Waals surface area (Å²) in [5.74, 6) is 0.858. The van der Waals surface area contributed by atoms with Gasteiger partial charge in [0.2, 0.25) is 0 Å². The van der Waals surface area contributed by atoms with Crippen LogP contribution in [0, 0.1) is 5.92 Å². The van der Waals surface area contributed by atoms with E-state index in [0.717, 1.165) is 12.0 Å². The van der Waals surface area contributed by atoms with Crippen molar-refractivity contribution in [2.75, 3.05) is 11.9 Å². The average Bonchev–Trinajstić information content (AvgIpc) is 3.05. The van der Waals surface area contributed by atoms with Crippen molar-refractivity contribution in [1.29, 1.82) is 0 Å². The van der Waals surface area contributed by atoms with Crippen LogP contribution in [0.2, 0.25) is 5.02 Å².